The molecule has 28 heavy (non-hydrogen) atoms. The van der Waals surface area contributed by atoms with Gasteiger partial charge in [-0.15, -0.1) is 11.8 Å². The Hall–Kier alpha value is -1.89. The van der Waals surface area contributed by atoms with Crippen LogP contribution in [-0.4, -0.2) is 48.7 Å². The van der Waals surface area contributed by atoms with Gasteiger partial charge in [-0.1, -0.05) is 42.5 Å². The Kier molecular flexibility index (Phi) is 6.75. The maximum Gasteiger partial charge on any atom is 0.261 e. The highest BCUT2D eigenvalue weighted by atomic mass is 32.2. The summed E-state index contributed by atoms with van der Waals surface area (Å²) in [6.45, 7) is 7.67. The smallest absolute Gasteiger partial charge is 0.261 e. The molecule has 0 unspecified atom stereocenters. The average molecular weight is 414 g/mol. The van der Waals surface area contributed by atoms with Crippen molar-refractivity contribution in [1.29, 1.82) is 0 Å². The summed E-state index contributed by atoms with van der Waals surface area (Å²) >= 11 is 3.31. The molecule has 4 nitrogen and oxygen atoms in total. The molecule has 0 atom stereocenters. The van der Waals surface area contributed by atoms with E-state index >= 15 is 0 Å². The number of thiazole rings is 1. The maximum absolute atomic E-state index is 13.6. The monoisotopic (exact) mass is 413 g/mol. The summed E-state index contributed by atoms with van der Waals surface area (Å²) in [5, 5.41) is 0.774. The van der Waals surface area contributed by atoms with E-state index in [1.165, 1.54) is 5.56 Å². The van der Waals surface area contributed by atoms with E-state index < -0.39 is 0 Å². The van der Waals surface area contributed by atoms with Crippen molar-refractivity contribution in [1.82, 2.24) is 9.88 Å². The van der Waals surface area contributed by atoms with Crippen LogP contribution in [0.5, 0.6) is 0 Å². The molecule has 1 aromatic heterocycles. The van der Waals surface area contributed by atoms with Crippen LogP contribution >= 0.6 is 23.1 Å². The summed E-state index contributed by atoms with van der Waals surface area (Å²) in [6, 6.07) is 12.1. The lowest BCUT2D eigenvalue weighted by Gasteiger charge is -2.23. The topological polar surface area (TPSA) is 36.4 Å². The zero-order chi connectivity index (χ0) is 20.3. The van der Waals surface area contributed by atoms with Crippen LogP contribution in [0.3, 0.4) is 0 Å². The Morgan fingerprint density at radius 3 is 2.46 bits per heavy atom. The molecule has 3 aromatic rings. The minimum absolute atomic E-state index is 0.0211. The van der Waals surface area contributed by atoms with E-state index in [9.17, 15) is 4.79 Å². The number of hydrogen-bond acceptors (Lipinski definition) is 5. The first-order chi connectivity index (χ1) is 13.4. The van der Waals surface area contributed by atoms with E-state index in [4.69, 9.17) is 4.98 Å². The Labute approximate surface area is 175 Å². The van der Waals surface area contributed by atoms with E-state index in [1.807, 2.05) is 43.3 Å². The summed E-state index contributed by atoms with van der Waals surface area (Å²) in [5.41, 5.74) is 4.09. The van der Waals surface area contributed by atoms with E-state index in [-0.39, 0.29) is 5.91 Å². The molecule has 6 heteroatoms. The third kappa shape index (κ3) is 4.40. The summed E-state index contributed by atoms with van der Waals surface area (Å²) < 4.78 is 1.16. The molecular weight excluding hydrogens is 386 g/mol. The molecule has 3 rings (SSSR count). The maximum atomic E-state index is 13.6. The highest BCUT2D eigenvalue weighted by molar-refractivity contribution is 7.99. The summed E-state index contributed by atoms with van der Waals surface area (Å²) in [5.74, 6) is 0.953. The van der Waals surface area contributed by atoms with Gasteiger partial charge in [-0.05, 0) is 57.0 Å². The van der Waals surface area contributed by atoms with Crippen LogP contribution in [0.4, 0.5) is 5.13 Å². The zero-order valence-electron chi connectivity index (χ0n) is 17.2. The number of hydrogen-bond donors (Lipinski definition) is 0. The first-order valence-electron chi connectivity index (χ1n) is 9.47. The predicted octanol–water partition coefficient (Wildman–Crippen LogP) is 5.23. The van der Waals surface area contributed by atoms with Crippen LogP contribution in [0.15, 0.2) is 41.3 Å². The van der Waals surface area contributed by atoms with Crippen molar-refractivity contribution >= 4 is 44.4 Å². The standard InChI is InChI=1S/C22H27N3OS2/c1-6-27-18-10-8-7-9-17(18)21(26)25(14-13-24(4)5)22-23-19-15(2)11-12-16(3)20(19)28-22/h7-12H,6,13-14H2,1-5H3. The van der Waals surface area contributed by atoms with E-state index in [1.54, 1.807) is 23.1 Å². The summed E-state index contributed by atoms with van der Waals surface area (Å²) in [6.07, 6.45) is 0. The fourth-order valence-corrected chi connectivity index (χ4v) is 4.95. The second kappa shape index (κ2) is 9.07. The molecule has 2 aromatic carbocycles. The molecule has 1 heterocycles. The number of aryl methyl sites for hydroxylation is 2. The minimum Gasteiger partial charge on any atom is -0.308 e. The molecule has 0 aliphatic heterocycles. The third-order valence-corrected chi connectivity index (χ3v) is 6.76. The Morgan fingerprint density at radius 1 is 1.07 bits per heavy atom. The van der Waals surface area contributed by atoms with Gasteiger partial charge >= 0.3 is 0 Å². The van der Waals surface area contributed by atoms with Gasteiger partial charge in [0.05, 0.1) is 15.8 Å². The number of amides is 1. The molecule has 0 N–H and O–H groups in total. The van der Waals surface area contributed by atoms with Gasteiger partial charge in [0.1, 0.15) is 0 Å². The number of rotatable bonds is 7. The number of likely N-dealkylation sites (N-methyl/N-ethyl adjacent to an activating group) is 1. The van der Waals surface area contributed by atoms with Gasteiger partial charge in [-0.3, -0.25) is 9.69 Å². The van der Waals surface area contributed by atoms with Crippen LogP contribution in [0.25, 0.3) is 10.2 Å². The van der Waals surface area contributed by atoms with Gasteiger partial charge in [0.2, 0.25) is 0 Å². The second-order valence-electron chi connectivity index (χ2n) is 7.06. The number of benzene rings is 2. The quantitative estimate of drug-likeness (QED) is 0.497. The molecule has 1 amide bonds. The van der Waals surface area contributed by atoms with Crippen molar-refractivity contribution < 1.29 is 4.79 Å². The first kappa shape index (κ1) is 20.8. The van der Waals surface area contributed by atoms with E-state index in [0.717, 1.165) is 43.7 Å². The Morgan fingerprint density at radius 2 is 1.79 bits per heavy atom. The molecular formula is C22H27N3OS2. The Balaban J connectivity index is 2.06. The second-order valence-corrected chi connectivity index (χ2v) is 9.35. The lowest BCUT2D eigenvalue weighted by atomic mass is 10.1. The van der Waals surface area contributed by atoms with Crippen LogP contribution in [0.1, 0.15) is 28.4 Å². The van der Waals surface area contributed by atoms with Crippen molar-refractivity contribution in [3.63, 3.8) is 0 Å². The molecule has 0 aliphatic rings. The zero-order valence-corrected chi connectivity index (χ0v) is 18.8. The van der Waals surface area contributed by atoms with Crippen molar-refractivity contribution in [3.8, 4) is 0 Å². The average Bonchev–Trinajstić information content (AvgIpc) is 3.12. The van der Waals surface area contributed by atoms with Crippen LogP contribution in [0, 0.1) is 13.8 Å². The van der Waals surface area contributed by atoms with Gasteiger partial charge in [0.25, 0.3) is 5.91 Å². The van der Waals surface area contributed by atoms with E-state index in [0.29, 0.717) is 6.54 Å². The van der Waals surface area contributed by atoms with Crippen molar-refractivity contribution in [2.24, 2.45) is 0 Å². The van der Waals surface area contributed by atoms with Crippen LogP contribution < -0.4 is 4.90 Å². The van der Waals surface area contributed by atoms with Gasteiger partial charge < -0.3 is 4.90 Å². The summed E-state index contributed by atoms with van der Waals surface area (Å²) in [4.78, 5) is 23.4. The SMILES string of the molecule is CCSc1ccccc1C(=O)N(CCN(C)C)c1nc2c(C)ccc(C)c2s1. The Bertz CT molecular complexity index is 942. The van der Waals surface area contributed by atoms with Gasteiger partial charge in [0, 0.05) is 18.0 Å². The van der Waals surface area contributed by atoms with Gasteiger partial charge in [-0.25, -0.2) is 4.98 Å². The molecule has 0 aliphatic carbocycles. The lowest BCUT2D eigenvalue weighted by molar-refractivity contribution is 0.0982. The van der Waals surface area contributed by atoms with Crippen LogP contribution in [-0.2, 0) is 0 Å². The predicted molar refractivity (Wildman–Crippen MR) is 122 cm³/mol. The number of aromatic nitrogens is 1. The molecule has 148 valence electrons. The lowest BCUT2D eigenvalue weighted by Crippen LogP contribution is -2.37. The van der Waals surface area contributed by atoms with Crippen molar-refractivity contribution in [2.75, 3.05) is 37.8 Å². The number of anilines is 1. The fourth-order valence-electron chi connectivity index (χ4n) is 3.02. The van der Waals surface area contributed by atoms with Gasteiger partial charge in [-0.2, -0.15) is 0 Å². The number of nitrogens with zero attached hydrogens (tertiary/aromatic N) is 3. The van der Waals surface area contributed by atoms with Gasteiger partial charge in [0.15, 0.2) is 5.13 Å². The number of thioether (sulfide) groups is 1. The fraction of sp³-hybridized carbons (Fsp3) is 0.364. The van der Waals surface area contributed by atoms with Crippen molar-refractivity contribution in [3.05, 3.63) is 53.1 Å². The molecule has 0 radical (unpaired) electrons. The molecule has 0 spiro atoms. The molecule has 0 bridgehead atoms. The van der Waals surface area contributed by atoms with Crippen LogP contribution in [0.2, 0.25) is 0 Å². The molecule has 0 saturated heterocycles. The van der Waals surface area contributed by atoms with E-state index in [2.05, 4.69) is 37.8 Å². The number of fused-ring (bicyclic) bond motifs is 1. The summed E-state index contributed by atoms with van der Waals surface area (Å²) in [7, 11) is 4.05. The molecule has 0 saturated carbocycles. The largest absolute Gasteiger partial charge is 0.308 e. The normalized spacial score (nSPS) is 11.4. The first-order valence-corrected chi connectivity index (χ1v) is 11.3. The molecule has 0 fully saturated rings. The number of carbonyl (C=O) groups is 1. The number of carbonyl (C=O) groups excluding carboxylic acids is 1. The minimum atomic E-state index is 0.0211. The highest BCUT2D eigenvalue weighted by Gasteiger charge is 2.24. The third-order valence-electron chi connectivity index (χ3n) is 4.60. The van der Waals surface area contributed by atoms with Crippen molar-refractivity contribution in [2.45, 2.75) is 25.7 Å². The highest BCUT2D eigenvalue weighted by Crippen LogP contribution is 2.34.